The molecule has 2 N–H and O–H groups in total. The number of rotatable bonds is 7. The predicted octanol–water partition coefficient (Wildman–Crippen LogP) is 3.54. The zero-order chi connectivity index (χ0) is 14.4. The second-order valence-electron chi connectivity index (χ2n) is 5.18. The standard InChI is InChI=1S/C17H24N2O/c1-3-4-17(18)15-10-12-19(13-15)11-9-14-5-7-16(20-2)8-6-14/h5-8,10,12-13,17H,3-4,9,11,18H2,1-2H3. The van der Waals surface area contributed by atoms with Crippen molar-refractivity contribution in [2.45, 2.75) is 38.8 Å². The smallest absolute Gasteiger partial charge is 0.118 e. The summed E-state index contributed by atoms with van der Waals surface area (Å²) in [4.78, 5) is 0. The van der Waals surface area contributed by atoms with Crippen LogP contribution in [0.1, 0.15) is 36.9 Å². The monoisotopic (exact) mass is 272 g/mol. The van der Waals surface area contributed by atoms with Crippen molar-refractivity contribution in [1.29, 1.82) is 0 Å². The third-order valence-electron chi connectivity index (χ3n) is 3.62. The summed E-state index contributed by atoms with van der Waals surface area (Å²) < 4.78 is 7.38. The number of hydrogen-bond acceptors (Lipinski definition) is 2. The zero-order valence-corrected chi connectivity index (χ0v) is 12.4. The molecule has 2 aromatic rings. The van der Waals surface area contributed by atoms with Crippen molar-refractivity contribution in [2.24, 2.45) is 5.73 Å². The van der Waals surface area contributed by atoms with Gasteiger partial charge in [0.05, 0.1) is 7.11 Å². The van der Waals surface area contributed by atoms with Crippen LogP contribution in [-0.2, 0) is 13.0 Å². The maximum atomic E-state index is 6.13. The first-order valence-electron chi connectivity index (χ1n) is 7.27. The quantitative estimate of drug-likeness (QED) is 0.837. The second-order valence-corrected chi connectivity index (χ2v) is 5.18. The van der Waals surface area contributed by atoms with Gasteiger partial charge >= 0.3 is 0 Å². The maximum Gasteiger partial charge on any atom is 0.118 e. The Morgan fingerprint density at radius 3 is 2.60 bits per heavy atom. The molecule has 1 atom stereocenters. The molecule has 2 rings (SSSR count). The van der Waals surface area contributed by atoms with Gasteiger partial charge < -0.3 is 15.0 Å². The van der Waals surface area contributed by atoms with E-state index in [0.717, 1.165) is 31.6 Å². The van der Waals surface area contributed by atoms with Gasteiger partial charge in [0.25, 0.3) is 0 Å². The number of benzene rings is 1. The van der Waals surface area contributed by atoms with Crippen LogP contribution in [0, 0.1) is 0 Å². The van der Waals surface area contributed by atoms with E-state index in [1.165, 1.54) is 11.1 Å². The highest BCUT2D eigenvalue weighted by Crippen LogP contribution is 2.17. The van der Waals surface area contributed by atoms with Crippen LogP contribution in [0.2, 0.25) is 0 Å². The van der Waals surface area contributed by atoms with Gasteiger partial charge in [0.2, 0.25) is 0 Å². The van der Waals surface area contributed by atoms with Gasteiger partial charge in [-0.05, 0) is 42.2 Å². The summed E-state index contributed by atoms with van der Waals surface area (Å²) in [6.07, 6.45) is 7.47. The molecule has 1 unspecified atom stereocenters. The largest absolute Gasteiger partial charge is 0.497 e. The number of aryl methyl sites for hydroxylation is 2. The van der Waals surface area contributed by atoms with Gasteiger partial charge in [0.15, 0.2) is 0 Å². The van der Waals surface area contributed by atoms with E-state index in [-0.39, 0.29) is 6.04 Å². The molecule has 0 bridgehead atoms. The molecule has 3 heteroatoms. The molecule has 0 radical (unpaired) electrons. The van der Waals surface area contributed by atoms with Gasteiger partial charge in [-0.25, -0.2) is 0 Å². The van der Waals surface area contributed by atoms with Crippen LogP contribution in [0.5, 0.6) is 5.75 Å². The molecule has 0 aliphatic heterocycles. The van der Waals surface area contributed by atoms with E-state index >= 15 is 0 Å². The first-order chi connectivity index (χ1) is 9.72. The molecule has 0 amide bonds. The molecule has 0 fully saturated rings. The Hall–Kier alpha value is -1.74. The predicted molar refractivity (Wildman–Crippen MR) is 83.0 cm³/mol. The average Bonchev–Trinajstić information content (AvgIpc) is 2.95. The van der Waals surface area contributed by atoms with Crippen LogP contribution < -0.4 is 10.5 Å². The number of ether oxygens (including phenoxy) is 1. The Morgan fingerprint density at radius 1 is 1.20 bits per heavy atom. The molecule has 0 saturated carbocycles. The van der Waals surface area contributed by atoms with E-state index in [4.69, 9.17) is 10.5 Å². The lowest BCUT2D eigenvalue weighted by Gasteiger charge is -2.08. The minimum absolute atomic E-state index is 0.169. The van der Waals surface area contributed by atoms with Crippen molar-refractivity contribution in [2.75, 3.05) is 7.11 Å². The van der Waals surface area contributed by atoms with E-state index in [1.807, 2.05) is 12.1 Å². The Kier molecular flexibility index (Phi) is 5.24. The molecule has 20 heavy (non-hydrogen) atoms. The number of methoxy groups -OCH3 is 1. The topological polar surface area (TPSA) is 40.2 Å². The van der Waals surface area contributed by atoms with E-state index in [0.29, 0.717) is 0 Å². The molecule has 0 aliphatic carbocycles. The highest BCUT2D eigenvalue weighted by atomic mass is 16.5. The third kappa shape index (κ3) is 3.87. The van der Waals surface area contributed by atoms with Crippen LogP contribution in [-0.4, -0.2) is 11.7 Å². The number of aromatic nitrogens is 1. The Morgan fingerprint density at radius 2 is 1.95 bits per heavy atom. The summed E-state index contributed by atoms with van der Waals surface area (Å²) >= 11 is 0. The Labute approximate surface area is 121 Å². The highest BCUT2D eigenvalue weighted by Gasteiger charge is 2.06. The Balaban J connectivity index is 1.90. The van der Waals surface area contributed by atoms with Crippen molar-refractivity contribution in [1.82, 2.24) is 4.57 Å². The van der Waals surface area contributed by atoms with Crippen molar-refractivity contribution in [3.8, 4) is 5.75 Å². The van der Waals surface area contributed by atoms with Crippen LogP contribution >= 0.6 is 0 Å². The molecule has 3 nitrogen and oxygen atoms in total. The minimum Gasteiger partial charge on any atom is -0.497 e. The van der Waals surface area contributed by atoms with E-state index < -0.39 is 0 Å². The summed E-state index contributed by atoms with van der Waals surface area (Å²) in [6, 6.07) is 10.6. The lowest BCUT2D eigenvalue weighted by atomic mass is 10.1. The van der Waals surface area contributed by atoms with Crippen LogP contribution in [0.25, 0.3) is 0 Å². The van der Waals surface area contributed by atoms with E-state index in [1.54, 1.807) is 7.11 Å². The average molecular weight is 272 g/mol. The van der Waals surface area contributed by atoms with Gasteiger partial charge in [0.1, 0.15) is 5.75 Å². The fourth-order valence-electron chi connectivity index (χ4n) is 2.35. The van der Waals surface area contributed by atoms with Crippen molar-refractivity contribution in [3.63, 3.8) is 0 Å². The molecule has 0 spiro atoms. The van der Waals surface area contributed by atoms with Crippen LogP contribution in [0.15, 0.2) is 42.7 Å². The summed E-state index contributed by atoms with van der Waals surface area (Å²) in [6.45, 7) is 3.14. The SMILES string of the molecule is CCCC(N)c1ccn(CCc2ccc(OC)cc2)c1. The normalized spacial score (nSPS) is 12.3. The maximum absolute atomic E-state index is 6.13. The number of nitrogens with two attached hydrogens (primary N) is 1. The molecular weight excluding hydrogens is 248 g/mol. The van der Waals surface area contributed by atoms with Crippen molar-refractivity contribution in [3.05, 3.63) is 53.9 Å². The van der Waals surface area contributed by atoms with Crippen LogP contribution in [0.3, 0.4) is 0 Å². The summed E-state index contributed by atoms with van der Waals surface area (Å²) in [5.41, 5.74) is 8.69. The second kappa shape index (κ2) is 7.15. The molecule has 1 aromatic heterocycles. The first kappa shape index (κ1) is 14.7. The first-order valence-corrected chi connectivity index (χ1v) is 7.27. The van der Waals surface area contributed by atoms with E-state index in [9.17, 15) is 0 Å². The van der Waals surface area contributed by atoms with Crippen LogP contribution in [0.4, 0.5) is 0 Å². The summed E-state index contributed by atoms with van der Waals surface area (Å²) in [5, 5.41) is 0. The van der Waals surface area contributed by atoms with Gasteiger partial charge in [0, 0.05) is 25.0 Å². The summed E-state index contributed by atoms with van der Waals surface area (Å²) in [7, 11) is 1.69. The minimum atomic E-state index is 0.169. The van der Waals surface area contributed by atoms with Gasteiger partial charge in [-0.2, -0.15) is 0 Å². The molecule has 0 aliphatic rings. The lowest BCUT2D eigenvalue weighted by molar-refractivity contribution is 0.414. The van der Waals surface area contributed by atoms with Gasteiger partial charge in [-0.15, -0.1) is 0 Å². The fraction of sp³-hybridized carbons (Fsp3) is 0.412. The number of hydrogen-bond donors (Lipinski definition) is 1. The molecule has 1 aromatic carbocycles. The van der Waals surface area contributed by atoms with Crippen molar-refractivity contribution < 1.29 is 4.74 Å². The van der Waals surface area contributed by atoms with E-state index in [2.05, 4.69) is 42.1 Å². The van der Waals surface area contributed by atoms with Gasteiger partial charge in [-0.1, -0.05) is 25.5 Å². The lowest BCUT2D eigenvalue weighted by Crippen LogP contribution is -2.08. The highest BCUT2D eigenvalue weighted by molar-refractivity contribution is 5.27. The molecule has 0 saturated heterocycles. The van der Waals surface area contributed by atoms with Gasteiger partial charge in [-0.3, -0.25) is 0 Å². The van der Waals surface area contributed by atoms with Crippen molar-refractivity contribution >= 4 is 0 Å². The number of nitrogens with zero attached hydrogens (tertiary/aromatic N) is 1. The fourth-order valence-corrected chi connectivity index (χ4v) is 2.35. The zero-order valence-electron chi connectivity index (χ0n) is 12.4. The molecular formula is C17H24N2O. The third-order valence-corrected chi connectivity index (χ3v) is 3.62. The Bertz CT molecular complexity index is 516. The summed E-state index contributed by atoms with van der Waals surface area (Å²) in [5.74, 6) is 0.905. The molecule has 108 valence electrons. The molecule has 1 heterocycles.